The second-order valence-electron chi connectivity index (χ2n) is 6.01. The van der Waals surface area contributed by atoms with E-state index < -0.39 is 5.97 Å². The fourth-order valence-corrected chi connectivity index (χ4v) is 2.78. The van der Waals surface area contributed by atoms with E-state index in [9.17, 15) is 9.59 Å². The summed E-state index contributed by atoms with van der Waals surface area (Å²) in [5.74, 6) is 0.213. The Morgan fingerprint density at radius 2 is 1.86 bits per heavy atom. The number of anilines is 1. The third kappa shape index (κ3) is 4.83. The average Bonchev–Trinajstić information content (AvgIpc) is 2.97. The summed E-state index contributed by atoms with van der Waals surface area (Å²) in [5.41, 5.74) is 2.34. The predicted octanol–water partition coefficient (Wildman–Crippen LogP) is 3.09. The molecule has 0 saturated carbocycles. The first-order chi connectivity index (χ1) is 13.4. The Morgan fingerprint density at radius 1 is 1.11 bits per heavy atom. The molecule has 1 amide bonds. The summed E-state index contributed by atoms with van der Waals surface area (Å²) in [4.78, 5) is 27.8. The second kappa shape index (κ2) is 9.80. The Kier molecular flexibility index (Phi) is 7.45. The lowest BCUT2D eigenvalue weighted by Crippen LogP contribution is -2.14. The van der Waals surface area contributed by atoms with Gasteiger partial charge in [0.05, 0.1) is 25.9 Å². The summed E-state index contributed by atoms with van der Waals surface area (Å²) in [5, 5.41) is 2.80. The Morgan fingerprint density at radius 3 is 2.50 bits per heavy atom. The van der Waals surface area contributed by atoms with Gasteiger partial charge >= 0.3 is 5.97 Å². The fraction of sp³-hybridized carbons (Fsp3) is 0.400. The van der Waals surface area contributed by atoms with Crippen molar-refractivity contribution in [3.63, 3.8) is 0 Å². The van der Waals surface area contributed by atoms with Crippen LogP contribution in [-0.4, -0.2) is 50.9 Å². The van der Waals surface area contributed by atoms with Gasteiger partial charge in [-0.05, 0) is 38.5 Å². The van der Waals surface area contributed by atoms with Crippen LogP contribution in [0.4, 0.5) is 5.69 Å². The Bertz CT molecular complexity index is 843. The van der Waals surface area contributed by atoms with Crippen molar-refractivity contribution in [2.24, 2.45) is 0 Å². The quantitative estimate of drug-likeness (QED) is 0.504. The molecule has 1 aromatic carbocycles. The zero-order valence-electron chi connectivity index (χ0n) is 16.8. The number of hydrogen-bond acceptors (Lipinski definition) is 6. The van der Waals surface area contributed by atoms with Gasteiger partial charge in [0.1, 0.15) is 12.3 Å². The molecule has 2 N–H and O–H groups in total. The average molecular weight is 390 g/mol. The Hall–Kier alpha value is -3.00. The van der Waals surface area contributed by atoms with Crippen molar-refractivity contribution in [1.29, 1.82) is 0 Å². The molecule has 0 atom stereocenters. The molecule has 8 nitrogen and oxygen atoms in total. The lowest BCUT2D eigenvalue weighted by molar-refractivity contribution is 0.0525. The first-order valence-electron chi connectivity index (χ1n) is 8.90. The lowest BCUT2D eigenvalue weighted by Gasteiger charge is -2.13. The number of aryl methyl sites for hydroxylation is 1. The highest BCUT2D eigenvalue weighted by Gasteiger charge is 2.23. The largest absolute Gasteiger partial charge is 0.493 e. The number of amides is 1. The fourth-order valence-electron chi connectivity index (χ4n) is 2.78. The number of benzene rings is 1. The van der Waals surface area contributed by atoms with E-state index in [-0.39, 0.29) is 12.5 Å². The van der Waals surface area contributed by atoms with Crippen LogP contribution in [0.15, 0.2) is 18.2 Å². The molecule has 152 valence electrons. The van der Waals surface area contributed by atoms with Gasteiger partial charge in [-0.2, -0.15) is 0 Å². The van der Waals surface area contributed by atoms with E-state index in [1.807, 2.05) is 0 Å². The Balaban J connectivity index is 2.22. The highest BCUT2D eigenvalue weighted by molar-refractivity contribution is 6.07. The van der Waals surface area contributed by atoms with E-state index in [0.29, 0.717) is 52.9 Å². The molecule has 0 fully saturated rings. The van der Waals surface area contributed by atoms with E-state index in [0.717, 1.165) is 0 Å². The van der Waals surface area contributed by atoms with Gasteiger partial charge in [-0.25, -0.2) is 4.79 Å². The van der Waals surface area contributed by atoms with Gasteiger partial charge in [-0.15, -0.1) is 0 Å². The highest BCUT2D eigenvalue weighted by atomic mass is 16.5. The minimum atomic E-state index is -0.453. The molecule has 0 spiro atoms. The third-order valence-corrected chi connectivity index (χ3v) is 4.11. The van der Waals surface area contributed by atoms with Crippen LogP contribution in [0.25, 0.3) is 0 Å². The summed E-state index contributed by atoms with van der Waals surface area (Å²) < 4.78 is 20.9. The molecule has 1 aromatic heterocycles. The number of carbonyl (C=O) groups is 2. The smallest absolute Gasteiger partial charge is 0.340 e. The monoisotopic (exact) mass is 390 g/mol. The lowest BCUT2D eigenvalue weighted by atomic mass is 10.1. The summed E-state index contributed by atoms with van der Waals surface area (Å²) in [6.07, 6.45) is 0. The molecule has 0 bridgehead atoms. The van der Waals surface area contributed by atoms with Crippen LogP contribution in [0.1, 0.15) is 39.0 Å². The molecular formula is C20H26N2O6. The molecule has 0 aliphatic heterocycles. The van der Waals surface area contributed by atoms with Crippen molar-refractivity contribution >= 4 is 17.6 Å². The normalized spacial score (nSPS) is 10.5. The summed E-state index contributed by atoms with van der Waals surface area (Å²) in [6, 6.07) is 5.08. The standard InChI is InChI=1S/C20H26N2O6/c1-6-27-20(24)17-12(2)18(21-13(17)3)19(23)22-14-7-8-15(26-5)16(11-14)28-10-9-25-4/h7-8,11,21H,6,9-10H2,1-5H3,(H,22,23). The molecule has 28 heavy (non-hydrogen) atoms. The molecule has 8 heteroatoms. The van der Waals surface area contributed by atoms with Crippen molar-refractivity contribution in [3.8, 4) is 11.5 Å². The SMILES string of the molecule is CCOC(=O)c1c(C)[nH]c(C(=O)Nc2ccc(OC)c(OCCOC)c2)c1C. The maximum Gasteiger partial charge on any atom is 0.340 e. The van der Waals surface area contributed by atoms with E-state index >= 15 is 0 Å². The van der Waals surface area contributed by atoms with E-state index in [1.165, 1.54) is 0 Å². The van der Waals surface area contributed by atoms with Gasteiger partial charge < -0.3 is 29.2 Å². The van der Waals surface area contributed by atoms with Crippen molar-refractivity contribution in [2.45, 2.75) is 20.8 Å². The second-order valence-corrected chi connectivity index (χ2v) is 6.01. The molecular weight excluding hydrogens is 364 g/mol. The van der Waals surface area contributed by atoms with Gasteiger partial charge in [-0.1, -0.05) is 0 Å². The summed E-state index contributed by atoms with van der Waals surface area (Å²) >= 11 is 0. The molecule has 0 aliphatic carbocycles. The molecule has 1 heterocycles. The van der Waals surface area contributed by atoms with Crippen molar-refractivity contribution in [3.05, 3.63) is 40.7 Å². The number of aromatic nitrogens is 1. The topological polar surface area (TPSA) is 98.9 Å². The predicted molar refractivity (Wildman–Crippen MR) is 105 cm³/mol. The van der Waals surface area contributed by atoms with Crippen LogP contribution in [0, 0.1) is 13.8 Å². The molecule has 2 rings (SSSR count). The molecule has 0 unspecified atom stereocenters. The van der Waals surface area contributed by atoms with Crippen molar-refractivity contribution < 1.29 is 28.5 Å². The summed E-state index contributed by atoms with van der Waals surface area (Å²) in [7, 11) is 3.13. The zero-order chi connectivity index (χ0) is 20.7. The minimum absolute atomic E-state index is 0.266. The number of H-pyrrole nitrogens is 1. The van der Waals surface area contributed by atoms with Gasteiger partial charge in [0.25, 0.3) is 5.91 Å². The molecule has 2 aromatic rings. The van der Waals surface area contributed by atoms with Gasteiger partial charge in [0, 0.05) is 24.6 Å². The molecule has 0 aliphatic rings. The van der Waals surface area contributed by atoms with Crippen LogP contribution in [0.3, 0.4) is 0 Å². The number of aromatic amines is 1. The first kappa shape index (κ1) is 21.3. The first-order valence-corrected chi connectivity index (χ1v) is 8.90. The van der Waals surface area contributed by atoms with Gasteiger partial charge in [-0.3, -0.25) is 4.79 Å². The van der Waals surface area contributed by atoms with Crippen molar-refractivity contribution in [2.75, 3.05) is 39.4 Å². The van der Waals surface area contributed by atoms with Crippen molar-refractivity contribution in [1.82, 2.24) is 4.98 Å². The number of nitrogens with one attached hydrogen (secondary N) is 2. The Labute approximate surface area is 164 Å². The number of rotatable bonds is 9. The number of esters is 1. The number of methoxy groups -OCH3 is 2. The molecule has 0 saturated heterocycles. The van der Waals surface area contributed by atoms with Gasteiger partial charge in [0.2, 0.25) is 0 Å². The highest BCUT2D eigenvalue weighted by Crippen LogP contribution is 2.30. The van der Waals surface area contributed by atoms with E-state index in [2.05, 4.69) is 10.3 Å². The maximum absolute atomic E-state index is 12.7. The number of ether oxygens (including phenoxy) is 4. The van der Waals surface area contributed by atoms with Crippen LogP contribution >= 0.6 is 0 Å². The van der Waals surface area contributed by atoms with Crippen LogP contribution < -0.4 is 14.8 Å². The van der Waals surface area contributed by atoms with Crippen LogP contribution in [0.2, 0.25) is 0 Å². The van der Waals surface area contributed by atoms with E-state index in [4.69, 9.17) is 18.9 Å². The summed E-state index contributed by atoms with van der Waals surface area (Å²) in [6.45, 7) is 6.21. The molecule has 0 radical (unpaired) electrons. The third-order valence-electron chi connectivity index (χ3n) is 4.11. The number of carbonyl (C=O) groups excluding carboxylic acids is 2. The maximum atomic E-state index is 12.7. The van der Waals surface area contributed by atoms with E-state index in [1.54, 1.807) is 53.2 Å². The zero-order valence-corrected chi connectivity index (χ0v) is 16.8. The number of hydrogen-bond donors (Lipinski definition) is 2. The van der Waals surface area contributed by atoms with Crippen LogP contribution in [0.5, 0.6) is 11.5 Å². The van der Waals surface area contributed by atoms with Crippen LogP contribution in [-0.2, 0) is 9.47 Å². The van der Waals surface area contributed by atoms with Gasteiger partial charge in [0.15, 0.2) is 11.5 Å². The minimum Gasteiger partial charge on any atom is -0.493 e.